The van der Waals surface area contributed by atoms with Crippen LogP contribution in [0.5, 0.6) is 0 Å². The van der Waals surface area contributed by atoms with Gasteiger partial charge in [-0.25, -0.2) is 0 Å². The SMILES string of the molecule is CCCC(NC(=O)CCCN)c1cccc(C(F)(F)F)c1. The summed E-state index contributed by atoms with van der Waals surface area (Å²) in [6.45, 7) is 2.34. The molecule has 6 heteroatoms. The van der Waals surface area contributed by atoms with Gasteiger partial charge < -0.3 is 11.1 Å². The Bertz CT molecular complexity index is 460. The zero-order valence-electron chi connectivity index (χ0n) is 12.0. The van der Waals surface area contributed by atoms with E-state index in [9.17, 15) is 18.0 Å². The van der Waals surface area contributed by atoms with E-state index in [1.165, 1.54) is 6.07 Å². The van der Waals surface area contributed by atoms with E-state index in [0.29, 0.717) is 24.9 Å². The second-order valence-electron chi connectivity index (χ2n) is 4.92. The van der Waals surface area contributed by atoms with Gasteiger partial charge in [0.25, 0.3) is 0 Å². The highest BCUT2D eigenvalue weighted by molar-refractivity contribution is 5.76. The summed E-state index contributed by atoms with van der Waals surface area (Å²) < 4.78 is 38.2. The fourth-order valence-electron chi connectivity index (χ4n) is 2.07. The molecular formula is C15H21F3N2O. The lowest BCUT2D eigenvalue weighted by atomic mass is 9.99. The highest BCUT2D eigenvalue weighted by Gasteiger charge is 2.31. The van der Waals surface area contributed by atoms with Crippen LogP contribution in [0.15, 0.2) is 24.3 Å². The number of nitrogens with one attached hydrogen (secondary N) is 1. The molecule has 1 rings (SSSR count). The molecule has 0 aromatic heterocycles. The van der Waals surface area contributed by atoms with E-state index >= 15 is 0 Å². The number of nitrogens with two attached hydrogens (primary N) is 1. The molecule has 0 bridgehead atoms. The lowest BCUT2D eigenvalue weighted by molar-refractivity contribution is -0.137. The molecule has 0 saturated heterocycles. The number of hydrogen-bond acceptors (Lipinski definition) is 2. The van der Waals surface area contributed by atoms with Gasteiger partial charge in [-0.2, -0.15) is 13.2 Å². The molecule has 1 aromatic carbocycles. The predicted molar refractivity (Wildman–Crippen MR) is 75.5 cm³/mol. The maximum atomic E-state index is 12.7. The number of carbonyl (C=O) groups is 1. The molecular weight excluding hydrogens is 281 g/mol. The molecule has 0 saturated carbocycles. The number of hydrogen-bond donors (Lipinski definition) is 2. The summed E-state index contributed by atoms with van der Waals surface area (Å²) in [7, 11) is 0. The monoisotopic (exact) mass is 302 g/mol. The third-order valence-electron chi connectivity index (χ3n) is 3.14. The van der Waals surface area contributed by atoms with Gasteiger partial charge in [-0.3, -0.25) is 4.79 Å². The van der Waals surface area contributed by atoms with E-state index in [1.807, 2.05) is 6.92 Å². The van der Waals surface area contributed by atoms with E-state index in [4.69, 9.17) is 5.73 Å². The lowest BCUT2D eigenvalue weighted by Gasteiger charge is -2.20. The molecule has 1 aromatic rings. The molecule has 1 unspecified atom stereocenters. The predicted octanol–water partition coefficient (Wildman–Crippen LogP) is 3.40. The Labute approximate surface area is 122 Å². The van der Waals surface area contributed by atoms with Crippen LogP contribution in [-0.2, 0) is 11.0 Å². The molecule has 118 valence electrons. The summed E-state index contributed by atoms with van der Waals surface area (Å²) in [5, 5.41) is 2.79. The summed E-state index contributed by atoms with van der Waals surface area (Å²) in [5.74, 6) is -0.184. The summed E-state index contributed by atoms with van der Waals surface area (Å²) in [4.78, 5) is 11.8. The van der Waals surface area contributed by atoms with Crippen molar-refractivity contribution in [3.05, 3.63) is 35.4 Å². The normalized spacial score (nSPS) is 13.0. The number of alkyl halides is 3. The quantitative estimate of drug-likeness (QED) is 0.811. The van der Waals surface area contributed by atoms with Gasteiger partial charge in [-0.1, -0.05) is 25.5 Å². The largest absolute Gasteiger partial charge is 0.416 e. The van der Waals surface area contributed by atoms with Crippen molar-refractivity contribution in [2.75, 3.05) is 6.54 Å². The minimum absolute atomic E-state index is 0.184. The molecule has 0 heterocycles. The van der Waals surface area contributed by atoms with Crippen LogP contribution in [-0.4, -0.2) is 12.5 Å². The Hall–Kier alpha value is -1.56. The van der Waals surface area contributed by atoms with Crippen molar-refractivity contribution in [1.29, 1.82) is 0 Å². The van der Waals surface area contributed by atoms with Gasteiger partial charge >= 0.3 is 6.18 Å². The Morgan fingerprint density at radius 2 is 2.10 bits per heavy atom. The average Bonchev–Trinajstić information content (AvgIpc) is 2.44. The molecule has 21 heavy (non-hydrogen) atoms. The first-order valence-electron chi connectivity index (χ1n) is 7.05. The van der Waals surface area contributed by atoms with Crippen LogP contribution >= 0.6 is 0 Å². The van der Waals surface area contributed by atoms with Crippen molar-refractivity contribution in [3.8, 4) is 0 Å². The van der Waals surface area contributed by atoms with Crippen LogP contribution in [0.4, 0.5) is 13.2 Å². The van der Waals surface area contributed by atoms with E-state index < -0.39 is 17.8 Å². The Kier molecular flexibility index (Phi) is 6.68. The first kappa shape index (κ1) is 17.5. The van der Waals surface area contributed by atoms with Crippen molar-refractivity contribution in [3.63, 3.8) is 0 Å². The highest BCUT2D eigenvalue weighted by atomic mass is 19.4. The van der Waals surface area contributed by atoms with Crippen LogP contribution in [0.2, 0.25) is 0 Å². The van der Waals surface area contributed by atoms with Gasteiger partial charge in [0.05, 0.1) is 11.6 Å². The Morgan fingerprint density at radius 1 is 1.38 bits per heavy atom. The highest BCUT2D eigenvalue weighted by Crippen LogP contribution is 2.31. The Balaban J connectivity index is 2.87. The molecule has 3 nitrogen and oxygen atoms in total. The van der Waals surface area contributed by atoms with Gasteiger partial charge in [0, 0.05) is 6.42 Å². The van der Waals surface area contributed by atoms with Crippen LogP contribution in [0.25, 0.3) is 0 Å². The van der Waals surface area contributed by atoms with Gasteiger partial charge in [0.1, 0.15) is 0 Å². The van der Waals surface area contributed by atoms with Crippen molar-refractivity contribution in [2.45, 2.75) is 44.8 Å². The molecule has 1 atom stereocenters. The maximum Gasteiger partial charge on any atom is 0.416 e. The zero-order valence-corrected chi connectivity index (χ0v) is 12.0. The third-order valence-corrected chi connectivity index (χ3v) is 3.14. The number of carbonyl (C=O) groups excluding carboxylic acids is 1. The molecule has 0 aliphatic carbocycles. The minimum atomic E-state index is -4.38. The van der Waals surface area contributed by atoms with Crippen molar-refractivity contribution in [1.82, 2.24) is 5.32 Å². The van der Waals surface area contributed by atoms with Crippen LogP contribution < -0.4 is 11.1 Å². The van der Waals surface area contributed by atoms with Crippen molar-refractivity contribution < 1.29 is 18.0 Å². The summed E-state index contributed by atoms with van der Waals surface area (Å²) in [6, 6.07) is 4.71. The van der Waals surface area contributed by atoms with E-state index in [0.717, 1.165) is 18.6 Å². The number of amides is 1. The van der Waals surface area contributed by atoms with Crippen molar-refractivity contribution >= 4 is 5.91 Å². The van der Waals surface area contributed by atoms with E-state index in [2.05, 4.69) is 5.32 Å². The van der Waals surface area contributed by atoms with E-state index in [1.54, 1.807) is 6.07 Å². The zero-order chi connectivity index (χ0) is 15.9. The van der Waals surface area contributed by atoms with Gasteiger partial charge in [-0.05, 0) is 37.1 Å². The number of halogens is 3. The summed E-state index contributed by atoms with van der Waals surface area (Å²) in [6.07, 6.45) is -2.17. The third kappa shape index (κ3) is 5.75. The molecule has 0 radical (unpaired) electrons. The fourth-order valence-corrected chi connectivity index (χ4v) is 2.07. The Morgan fingerprint density at radius 3 is 2.67 bits per heavy atom. The van der Waals surface area contributed by atoms with Crippen LogP contribution in [0, 0.1) is 0 Å². The molecule has 0 aliphatic rings. The molecule has 0 aliphatic heterocycles. The number of benzene rings is 1. The smallest absolute Gasteiger partial charge is 0.349 e. The van der Waals surface area contributed by atoms with Crippen LogP contribution in [0.1, 0.15) is 49.8 Å². The first-order chi connectivity index (χ1) is 9.88. The lowest BCUT2D eigenvalue weighted by Crippen LogP contribution is -2.29. The average molecular weight is 302 g/mol. The second kappa shape index (κ2) is 8.02. The molecule has 1 amide bonds. The molecule has 3 N–H and O–H groups in total. The van der Waals surface area contributed by atoms with Crippen LogP contribution in [0.3, 0.4) is 0 Å². The fraction of sp³-hybridized carbons (Fsp3) is 0.533. The topological polar surface area (TPSA) is 55.1 Å². The minimum Gasteiger partial charge on any atom is -0.349 e. The summed E-state index contributed by atoms with van der Waals surface area (Å²) >= 11 is 0. The summed E-state index contributed by atoms with van der Waals surface area (Å²) in [5.41, 5.74) is 5.12. The molecule has 0 spiro atoms. The second-order valence-corrected chi connectivity index (χ2v) is 4.92. The van der Waals surface area contributed by atoms with E-state index in [-0.39, 0.29) is 12.3 Å². The van der Waals surface area contributed by atoms with Gasteiger partial charge in [0.15, 0.2) is 0 Å². The van der Waals surface area contributed by atoms with Gasteiger partial charge in [-0.15, -0.1) is 0 Å². The number of rotatable bonds is 7. The van der Waals surface area contributed by atoms with Gasteiger partial charge in [0.2, 0.25) is 5.91 Å². The molecule has 0 fully saturated rings. The van der Waals surface area contributed by atoms with Crippen molar-refractivity contribution in [2.24, 2.45) is 5.73 Å². The first-order valence-corrected chi connectivity index (χ1v) is 7.05. The standard InChI is InChI=1S/C15H21F3N2O/c1-2-5-13(20-14(21)8-4-9-19)11-6-3-7-12(10-11)15(16,17)18/h3,6-7,10,13H,2,4-5,8-9,19H2,1H3,(H,20,21). The maximum absolute atomic E-state index is 12.7.